The van der Waals surface area contributed by atoms with Crippen molar-refractivity contribution in [2.24, 2.45) is 0 Å². The van der Waals surface area contributed by atoms with Crippen molar-refractivity contribution in [3.8, 4) is 0 Å². The SMILES string of the molecule is CO[C@H](C=O)[C@@H](O)[C@@H](O)[C@@H](C)O. The first-order valence-corrected chi connectivity index (χ1v) is 3.56. The molecule has 0 aromatic heterocycles. The minimum Gasteiger partial charge on any atom is -0.391 e. The Labute approximate surface area is 70.6 Å². The first-order valence-electron chi connectivity index (χ1n) is 3.56. The normalized spacial score (nSPS) is 21.1. The lowest BCUT2D eigenvalue weighted by atomic mass is 10.1. The molecule has 0 aromatic carbocycles. The predicted molar refractivity (Wildman–Crippen MR) is 40.6 cm³/mol. The highest BCUT2D eigenvalue weighted by Gasteiger charge is 2.28. The number of ether oxygens (including phenoxy) is 1. The van der Waals surface area contributed by atoms with Gasteiger partial charge in [0, 0.05) is 7.11 Å². The molecule has 0 aliphatic heterocycles. The molecular weight excluding hydrogens is 164 g/mol. The van der Waals surface area contributed by atoms with Crippen LogP contribution in [-0.4, -0.2) is 53.1 Å². The summed E-state index contributed by atoms with van der Waals surface area (Å²) in [5.74, 6) is 0. The summed E-state index contributed by atoms with van der Waals surface area (Å²) in [4.78, 5) is 10.2. The number of aliphatic hydroxyl groups is 3. The molecule has 0 aromatic rings. The zero-order valence-corrected chi connectivity index (χ0v) is 7.04. The zero-order chi connectivity index (χ0) is 9.72. The van der Waals surface area contributed by atoms with Crippen LogP contribution in [0.25, 0.3) is 0 Å². The second kappa shape index (κ2) is 5.21. The molecule has 0 rings (SSSR count). The van der Waals surface area contributed by atoms with Crippen LogP contribution in [0.15, 0.2) is 0 Å². The molecule has 5 nitrogen and oxygen atoms in total. The van der Waals surface area contributed by atoms with Crippen LogP contribution >= 0.6 is 0 Å². The molecule has 5 heteroatoms. The van der Waals surface area contributed by atoms with Gasteiger partial charge in [0.2, 0.25) is 0 Å². The van der Waals surface area contributed by atoms with Gasteiger partial charge in [-0.15, -0.1) is 0 Å². The molecule has 0 unspecified atom stereocenters. The van der Waals surface area contributed by atoms with Crippen molar-refractivity contribution >= 4 is 6.29 Å². The number of methoxy groups -OCH3 is 1. The van der Waals surface area contributed by atoms with Crippen LogP contribution in [0.5, 0.6) is 0 Å². The number of carbonyl (C=O) groups is 1. The van der Waals surface area contributed by atoms with Crippen molar-refractivity contribution in [3.05, 3.63) is 0 Å². The van der Waals surface area contributed by atoms with Crippen LogP contribution in [0.2, 0.25) is 0 Å². The lowest BCUT2D eigenvalue weighted by molar-refractivity contribution is -0.136. The van der Waals surface area contributed by atoms with Crippen molar-refractivity contribution in [2.75, 3.05) is 7.11 Å². The van der Waals surface area contributed by atoms with E-state index >= 15 is 0 Å². The Bertz CT molecular complexity index is 136. The van der Waals surface area contributed by atoms with E-state index in [4.69, 9.17) is 10.2 Å². The van der Waals surface area contributed by atoms with Crippen molar-refractivity contribution in [3.63, 3.8) is 0 Å². The first-order chi connectivity index (χ1) is 5.54. The minimum atomic E-state index is -1.40. The fourth-order valence-corrected chi connectivity index (χ4v) is 0.755. The number of aldehydes is 1. The molecule has 0 aliphatic rings. The molecule has 0 saturated heterocycles. The van der Waals surface area contributed by atoms with Crippen molar-refractivity contribution in [1.82, 2.24) is 0 Å². The maximum Gasteiger partial charge on any atom is 0.151 e. The van der Waals surface area contributed by atoms with Gasteiger partial charge in [0.1, 0.15) is 18.3 Å². The van der Waals surface area contributed by atoms with Crippen LogP contribution in [0.1, 0.15) is 6.92 Å². The van der Waals surface area contributed by atoms with Crippen LogP contribution in [0.4, 0.5) is 0 Å². The van der Waals surface area contributed by atoms with E-state index in [1.165, 1.54) is 14.0 Å². The molecule has 0 spiro atoms. The van der Waals surface area contributed by atoms with Gasteiger partial charge in [-0.25, -0.2) is 0 Å². The Morgan fingerprint density at radius 2 is 1.75 bits per heavy atom. The van der Waals surface area contributed by atoms with Crippen LogP contribution in [0, 0.1) is 0 Å². The number of aliphatic hydroxyl groups excluding tert-OH is 3. The van der Waals surface area contributed by atoms with Crippen LogP contribution in [0.3, 0.4) is 0 Å². The standard InChI is InChI=1S/C7H14O5/c1-4(9)6(10)7(11)5(3-8)12-2/h3-7,9-11H,1-2H3/t4-,5-,6+,7-/m1/s1. The smallest absolute Gasteiger partial charge is 0.151 e. The molecule has 0 amide bonds. The van der Waals surface area contributed by atoms with Crippen LogP contribution in [-0.2, 0) is 9.53 Å². The summed E-state index contributed by atoms with van der Waals surface area (Å²) in [5.41, 5.74) is 0. The quantitative estimate of drug-likeness (QED) is 0.437. The number of hydrogen-bond acceptors (Lipinski definition) is 5. The zero-order valence-electron chi connectivity index (χ0n) is 7.04. The van der Waals surface area contributed by atoms with E-state index in [2.05, 4.69) is 4.74 Å². The summed E-state index contributed by atoms with van der Waals surface area (Å²) in [5, 5.41) is 27.1. The first kappa shape index (κ1) is 11.5. The van der Waals surface area contributed by atoms with Gasteiger partial charge in [0.25, 0.3) is 0 Å². The lowest BCUT2D eigenvalue weighted by Gasteiger charge is -2.23. The molecule has 0 aliphatic carbocycles. The molecule has 0 saturated carbocycles. The highest BCUT2D eigenvalue weighted by atomic mass is 16.5. The van der Waals surface area contributed by atoms with Gasteiger partial charge in [0.05, 0.1) is 6.10 Å². The molecular formula is C7H14O5. The van der Waals surface area contributed by atoms with E-state index in [9.17, 15) is 9.90 Å². The average Bonchev–Trinajstić information content (AvgIpc) is 2.05. The van der Waals surface area contributed by atoms with Gasteiger partial charge in [-0.1, -0.05) is 0 Å². The maximum atomic E-state index is 10.2. The Balaban J connectivity index is 4.14. The third-order valence-electron chi connectivity index (χ3n) is 1.59. The van der Waals surface area contributed by atoms with E-state index in [0.29, 0.717) is 6.29 Å². The fourth-order valence-electron chi connectivity index (χ4n) is 0.755. The summed E-state index contributed by atoms with van der Waals surface area (Å²) < 4.78 is 4.54. The molecule has 3 N–H and O–H groups in total. The van der Waals surface area contributed by atoms with Gasteiger partial charge < -0.3 is 24.9 Å². The Morgan fingerprint density at radius 3 is 2.00 bits per heavy atom. The molecule has 4 atom stereocenters. The highest BCUT2D eigenvalue weighted by Crippen LogP contribution is 2.05. The number of hydrogen-bond donors (Lipinski definition) is 3. The van der Waals surface area contributed by atoms with Gasteiger partial charge in [-0.05, 0) is 6.92 Å². The van der Waals surface area contributed by atoms with E-state index in [1.54, 1.807) is 0 Å². The maximum absolute atomic E-state index is 10.2. The number of rotatable bonds is 5. The highest BCUT2D eigenvalue weighted by molar-refractivity contribution is 5.57. The summed E-state index contributed by atoms with van der Waals surface area (Å²) in [7, 11) is 1.23. The molecule has 0 radical (unpaired) electrons. The van der Waals surface area contributed by atoms with Gasteiger partial charge in [-0.3, -0.25) is 0 Å². The Kier molecular flexibility index (Phi) is 5.00. The Hall–Kier alpha value is -0.490. The van der Waals surface area contributed by atoms with Crippen molar-refractivity contribution < 1.29 is 24.9 Å². The monoisotopic (exact) mass is 178 g/mol. The summed E-state index contributed by atoms with van der Waals surface area (Å²) >= 11 is 0. The molecule has 0 bridgehead atoms. The second-order valence-corrected chi connectivity index (χ2v) is 2.56. The second-order valence-electron chi connectivity index (χ2n) is 2.56. The Morgan fingerprint density at radius 1 is 1.25 bits per heavy atom. The van der Waals surface area contributed by atoms with E-state index < -0.39 is 24.4 Å². The molecule has 0 heterocycles. The largest absolute Gasteiger partial charge is 0.391 e. The summed E-state index contributed by atoms with van der Waals surface area (Å²) in [6.07, 6.45) is -4.60. The summed E-state index contributed by atoms with van der Waals surface area (Å²) in [6.45, 7) is 1.31. The topological polar surface area (TPSA) is 87.0 Å². The van der Waals surface area contributed by atoms with E-state index in [-0.39, 0.29) is 0 Å². The van der Waals surface area contributed by atoms with E-state index in [0.717, 1.165) is 0 Å². The summed E-state index contributed by atoms with van der Waals surface area (Å²) in [6, 6.07) is 0. The number of carbonyl (C=O) groups excluding carboxylic acids is 1. The van der Waals surface area contributed by atoms with E-state index in [1.807, 2.05) is 0 Å². The molecule has 0 fully saturated rings. The van der Waals surface area contributed by atoms with Crippen molar-refractivity contribution in [1.29, 1.82) is 0 Å². The van der Waals surface area contributed by atoms with Gasteiger partial charge in [0.15, 0.2) is 6.29 Å². The minimum absolute atomic E-state index is 0.371. The molecule has 72 valence electrons. The fraction of sp³-hybridized carbons (Fsp3) is 0.857. The van der Waals surface area contributed by atoms with Crippen molar-refractivity contribution in [2.45, 2.75) is 31.3 Å². The average molecular weight is 178 g/mol. The van der Waals surface area contributed by atoms with Gasteiger partial charge >= 0.3 is 0 Å². The lowest BCUT2D eigenvalue weighted by Crippen LogP contribution is -2.44. The molecule has 12 heavy (non-hydrogen) atoms. The third-order valence-corrected chi connectivity index (χ3v) is 1.59. The van der Waals surface area contributed by atoms with Crippen LogP contribution < -0.4 is 0 Å². The third kappa shape index (κ3) is 2.86. The van der Waals surface area contributed by atoms with Gasteiger partial charge in [-0.2, -0.15) is 0 Å². The predicted octanol–water partition coefficient (Wildman–Crippen LogP) is -1.70.